The van der Waals surface area contributed by atoms with E-state index in [0.29, 0.717) is 17.5 Å². The standard InChI is InChI=1S/C70H45N3O/c1-6-22-46(23-7-1)52-44-59(49-28-20-29-51(42-49)68-71-67(48-26-10-3-11-27-48)72-69(73-68)58-37-21-36-57-56-35-17-19-39-64(56)74-66(57)58)65(47-24-8-2-9-25-47)60(45-52)50-40-41-63-61(43-50)55-34-16-18-38-62(55)70(63,53-30-12-4-13-31-53)54-32-14-5-15-33-54/h1-45H. The maximum atomic E-state index is 6.55. The lowest BCUT2D eigenvalue weighted by Crippen LogP contribution is -2.28. The Balaban J connectivity index is 0.992. The molecule has 14 rings (SSSR count). The largest absolute Gasteiger partial charge is 0.455 e. The Bertz CT molecular complexity index is 4190. The predicted molar refractivity (Wildman–Crippen MR) is 302 cm³/mol. The number of benzene rings is 11. The molecule has 74 heavy (non-hydrogen) atoms. The summed E-state index contributed by atoms with van der Waals surface area (Å²) in [7, 11) is 0. The summed E-state index contributed by atoms with van der Waals surface area (Å²) in [4.78, 5) is 15.7. The lowest BCUT2D eigenvalue weighted by atomic mass is 9.67. The molecule has 0 unspecified atom stereocenters. The van der Waals surface area contributed by atoms with Crippen molar-refractivity contribution in [3.05, 3.63) is 295 Å². The molecule has 4 heteroatoms. The Morgan fingerprint density at radius 3 is 1.45 bits per heavy atom. The second kappa shape index (κ2) is 17.8. The first-order valence-electron chi connectivity index (χ1n) is 25.2. The van der Waals surface area contributed by atoms with Crippen molar-refractivity contribution in [3.8, 4) is 89.8 Å². The third-order valence-corrected chi connectivity index (χ3v) is 14.8. The summed E-state index contributed by atoms with van der Waals surface area (Å²) in [5, 5.41) is 2.07. The molecule has 0 aliphatic heterocycles. The van der Waals surface area contributed by atoms with E-state index in [9.17, 15) is 0 Å². The number of nitrogens with zero attached hydrogens (tertiary/aromatic N) is 3. The van der Waals surface area contributed by atoms with Crippen molar-refractivity contribution in [2.75, 3.05) is 0 Å². The summed E-state index contributed by atoms with van der Waals surface area (Å²) in [6.45, 7) is 0. The number of para-hydroxylation sites is 2. The molecule has 0 amide bonds. The highest BCUT2D eigenvalue weighted by atomic mass is 16.3. The van der Waals surface area contributed by atoms with Gasteiger partial charge in [-0.25, -0.2) is 15.0 Å². The van der Waals surface area contributed by atoms with Gasteiger partial charge in [-0.05, 0) is 114 Å². The molecule has 11 aromatic carbocycles. The highest BCUT2D eigenvalue weighted by Crippen LogP contribution is 2.57. The molecule has 0 radical (unpaired) electrons. The molecule has 0 spiro atoms. The molecule has 0 atom stereocenters. The van der Waals surface area contributed by atoms with E-state index in [-0.39, 0.29) is 0 Å². The monoisotopic (exact) mass is 943 g/mol. The van der Waals surface area contributed by atoms with Crippen LogP contribution in [0.3, 0.4) is 0 Å². The third kappa shape index (κ3) is 7.10. The summed E-state index contributed by atoms with van der Waals surface area (Å²) >= 11 is 0. The highest BCUT2D eigenvalue weighted by molar-refractivity contribution is 6.09. The van der Waals surface area contributed by atoms with Crippen LogP contribution in [0.25, 0.3) is 112 Å². The summed E-state index contributed by atoms with van der Waals surface area (Å²) in [6, 6.07) is 97.6. The third-order valence-electron chi connectivity index (χ3n) is 14.8. The molecule has 0 saturated heterocycles. The molecular formula is C70H45N3O. The average molecular weight is 944 g/mol. The van der Waals surface area contributed by atoms with Crippen molar-refractivity contribution >= 4 is 21.9 Å². The quantitative estimate of drug-likeness (QED) is 0.145. The first-order valence-corrected chi connectivity index (χ1v) is 25.2. The zero-order chi connectivity index (χ0) is 49.0. The van der Waals surface area contributed by atoms with Crippen molar-refractivity contribution in [2.24, 2.45) is 0 Å². The van der Waals surface area contributed by atoms with Gasteiger partial charge in [-0.2, -0.15) is 0 Å². The molecule has 1 aliphatic carbocycles. The lowest BCUT2D eigenvalue weighted by molar-refractivity contribution is 0.669. The van der Waals surface area contributed by atoms with E-state index < -0.39 is 5.41 Å². The minimum absolute atomic E-state index is 0.499. The molecule has 1 aliphatic rings. The van der Waals surface area contributed by atoms with Crippen molar-refractivity contribution in [1.29, 1.82) is 0 Å². The molecule has 0 N–H and O–H groups in total. The van der Waals surface area contributed by atoms with Gasteiger partial charge in [0.15, 0.2) is 17.5 Å². The molecule has 346 valence electrons. The Kier molecular flexibility index (Phi) is 10.4. The fourth-order valence-corrected chi connectivity index (χ4v) is 11.5. The smallest absolute Gasteiger partial charge is 0.167 e. The molecule has 0 bridgehead atoms. The van der Waals surface area contributed by atoms with Gasteiger partial charge in [0, 0.05) is 21.9 Å². The second-order valence-electron chi connectivity index (χ2n) is 19.0. The van der Waals surface area contributed by atoms with Crippen LogP contribution < -0.4 is 0 Å². The Labute approximate surface area is 429 Å². The van der Waals surface area contributed by atoms with E-state index in [1.165, 1.54) is 33.4 Å². The predicted octanol–water partition coefficient (Wildman–Crippen LogP) is 17.8. The fourth-order valence-electron chi connectivity index (χ4n) is 11.5. The van der Waals surface area contributed by atoms with Crippen molar-refractivity contribution in [3.63, 3.8) is 0 Å². The van der Waals surface area contributed by atoms with Crippen LogP contribution in [0.1, 0.15) is 22.3 Å². The minimum atomic E-state index is -0.499. The van der Waals surface area contributed by atoms with Crippen LogP contribution in [0.5, 0.6) is 0 Å². The number of fused-ring (bicyclic) bond motifs is 6. The molecule has 4 nitrogen and oxygen atoms in total. The topological polar surface area (TPSA) is 51.8 Å². The summed E-state index contributed by atoms with van der Waals surface area (Å²) in [6.07, 6.45) is 0. The van der Waals surface area contributed by atoms with E-state index in [1.54, 1.807) is 0 Å². The van der Waals surface area contributed by atoms with Crippen LogP contribution in [-0.4, -0.2) is 15.0 Å². The van der Waals surface area contributed by atoms with Crippen molar-refractivity contribution < 1.29 is 4.42 Å². The molecule has 13 aromatic rings. The van der Waals surface area contributed by atoms with Gasteiger partial charge in [0.2, 0.25) is 0 Å². The van der Waals surface area contributed by atoms with Crippen LogP contribution >= 0.6 is 0 Å². The van der Waals surface area contributed by atoms with E-state index >= 15 is 0 Å². The number of hydrogen-bond acceptors (Lipinski definition) is 4. The molecule has 2 heterocycles. The number of hydrogen-bond donors (Lipinski definition) is 0. The van der Waals surface area contributed by atoms with Gasteiger partial charge in [0.25, 0.3) is 0 Å². The normalized spacial score (nSPS) is 12.4. The Morgan fingerprint density at radius 2 is 0.743 bits per heavy atom. The zero-order valence-electron chi connectivity index (χ0n) is 40.2. The number of aromatic nitrogens is 3. The molecule has 0 saturated carbocycles. The SMILES string of the molecule is c1ccc(-c2cc(-c3cccc(-c4nc(-c5ccccc5)nc(-c5cccc6c5oc5ccccc56)n4)c3)c(-c3ccccc3)c(-c3ccc4c(c3)-c3ccccc3C4(c3ccccc3)c3ccccc3)c2)cc1. The molecular weight excluding hydrogens is 899 g/mol. The maximum absolute atomic E-state index is 6.55. The van der Waals surface area contributed by atoms with Crippen LogP contribution in [-0.2, 0) is 5.41 Å². The van der Waals surface area contributed by atoms with E-state index in [1.807, 2.05) is 54.6 Å². The zero-order valence-corrected chi connectivity index (χ0v) is 40.2. The summed E-state index contributed by atoms with van der Waals surface area (Å²) in [5.41, 5.74) is 20.1. The Hall–Kier alpha value is -9.77. The van der Waals surface area contributed by atoms with Gasteiger partial charge in [0.1, 0.15) is 11.2 Å². The fraction of sp³-hybridized carbons (Fsp3) is 0.0143. The summed E-state index contributed by atoms with van der Waals surface area (Å²) in [5.74, 6) is 1.70. The van der Waals surface area contributed by atoms with E-state index in [4.69, 9.17) is 19.4 Å². The minimum Gasteiger partial charge on any atom is -0.455 e. The van der Waals surface area contributed by atoms with Gasteiger partial charge in [0.05, 0.1) is 11.0 Å². The second-order valence-corrected chi connectivity index (χ2v) is 19.0. The average Bonchev–Trinajstić information content (AvgIpc) is 4.09. The Morgan fingerprint density at radius 1 is 0.270 bits per heavy atom. The number of furan rings is 1. The van der Waals surface area contributed by atoms with Crippen LogP contribution in [0.4, 0.5) is 0 Å². The number of rotatable bonds is 9. The van der Waals surface area contributed by atoms with Gasteiger partial charge in [-0.3, -0.25) is 0 Å². The maximum Gasteiger partial charge on any atom is 0.167 e. The van der Waals surface area contributed by atoms with Crippen molar-refractivity contribution in [1.82, 2.24) is 15.0 Å². The van der Waals surface area contributed by atoms with Gasteiger partial charge < -0.3 is 4.42 Å². The van der Waals surface area contributed by atoms with Crippen molar-refractivity contribution in [2.45, 2.75) is 5.41 Å². The van der Waals surface area contributed by atoms with Gasteiger partial charge >= 0.3 is 0 Å². The summed E-state index contributed by atoms with van der Waals surface area (Å²) < 4.78 is 6.55. The van der Waals surface area contributed by atoms with E-state index in [2.05, 4.69) is 218 Å². The van der Waals surface area contributed by atoms with Crippen LogP contribution in [0, 0.1) is 0 Å². The first-order chi connectivity index (χ1) is 36.7. The van der Waals surface area contributed by atoms with Crippen LogP contribution in [0.2, 0.25) is 0 Å². The molecule has 2 aromatic heterocycles. The first kappa shape index (κ1) is 43.1. The highest BCUT2D eigenvalue weighted by Gasteiger charge is 2.46. The molecule has 0 fully saturated rings. The van der Waals surface area contributed by atoms with Crippen LogP contribution in [0.15, 0.2) is 277 Å². The van der Waals surface area contributed by atoms with Gasteiger partial charge in [-0.1, -0.05) is 237 Å². The van der Waals surface area contributed by atoms with Gasteiger partial charge in [-0.15, -0.1) is 0 Å². The van der Waals surface area contributed by atoms with E-state index in [0.717, 1.165) is 83.1 Å². The lowest BCUT2D eigenvalue weighted by Gasteiger charge is -2.34.